The van der Waals surface area contributed by atoms with E-state index in [0.29, 0.717) is 22.0 Å². The first-order valence-corrected chi connectivity index (χ1v) is 20.7. The molecular formula is C40H41ClF6N8O4S. The Balaban J connectivity index is 1.61. The topological polar surface area (TPSA) is 147 Å². The van der Waals surface area contributed by atoms with Crippen LogP contribution in [0.4, 0.5) is 37.8 Å². The van der Waals surface area contributed by atoms with Gasteiger partial charge in [-0.1, -0.05) is 37.4 Å². The molecule has 6 rings (SSSR count). The molecule has 60 heavy (non-hydrogen) atoms. The summed E-state index contributed by atoms with van der Waals surface area (Å²) in [5.41, 5.74) is -2.15. The van der Waals surface area contributed by atoms with Crippen LogP contribution in [-0.2, 0) is 40.8 Å². The van der Waals surface area contributed by atoms with Crippen molar-refractivity contribution in [3.05, 3.63) is 87.0 Å². The zero-order chi connectivity index (χ0) is 44.4. The molecule has 0 saturated heterocycles. The minimum Gasteiger partial charge on any atom is -0.378 e. The first-order valence-electron chi connectivity index (χ1n) is 18.4. The van der Waals surface area contributed by atoms with Gasteiger partial charge >= 0.3 is 0 Å². The maximum Gasteiger partial charge on any atom is 0.292 e. The molecule has 1 aliphatic carbocycles. The van der Waals surface area contributed by atoms with E-state index >= 15 is 8.78 Å². The van der Waals surface area contributed by atoms with Gasteiger partial charge in [-0.25, -0.2) is 31.0 Å². The van der Waals surface area contributed by atoms with Gasteiger partial charge in [0.2, 0.25) is 15.9 Å². The van der Waals surface area contributed by atoms with Gasteiger partial charge < -0.3 is 15.3 Å². The molecule has 1 aliphatic rings. The number of pyridine rings is 1. The average molecular weight is 879 g/mol. The number of rotatable bonds is 11. The molecule has 3 atom stereocenters. The van der Waals surface area contributed by atoms with Crippen molar-refractivity contribution in [1.82, 2.24) is 29.9 Å². The number of nitrogens with zero attached hydrogens (tertiary/aromatic N) is 6. The van der Waals surface area contributed by atoms with Crippen LogP contribution in [0.25, 0.3) is 22.0 Å². The van der Waals surface area contributed by atoms with Crippen molar-refractivity contribution in [2.75, 3.05) is 30.0 Å². The van der Waals surface area contributed by atoms with Crippen LogP contribution >= 0.6 is 11.6 Å². The van der Waals surface area contributed by atoms with Gasteiger partial charge in [-0.15, -0.1) is 0 Å². The molecule has 0 fully saturated rings. The van der Waals surface area contributed by atoms with Gasteiger partial charge in [-0.3, -0.25) is 18.9 Å². The molecule has 5 aromatic rings. The average Bonchev–Trinajstić information content (AvgIpc) is 3.71. The lowest BCUT2D eigenvalue weighted by Gasteiger charge is -2.25. The Morgan fingerprint density at radius 3 is 2.30 bits per heavy atom. The summed E-state index contributed by atoms with van der Waals surface area (Å²) in [4.78, 5) is 20.7. The Kier molecular flexibility index (Phi) is 11.8. The molecule has 2 aromatic carbocycles. The largest absolute Gasteiger partial charge is 0.378 e. The summed E-state index contributed by atoms with van der Waals surface area (Å²) in [5, 5.41) is 21.7. The highest BCUT2D eigenvalue weighted by molar-refractivity contribution is 7.92. The maximum absolute atomic E-state index is 15.7. The summed E-state index contributed by atoms with van der Waals surface area (Å²) in [5.74, 6) is -3.43. The van der Waals surface area contributed by atoms with E-state index in [-0.39, 0.29) is 56.2 Å². The third-order valence-electron chi connectivity index (χ3n) is 10.1. The molecule has 3 aromatic heterocycles. The summed E-state index contributed by atoms with van der Waals surface area (Å²) in [7, 11) is 1.05. The number of aromatic nitrogens is 5. The van der Waals surface area contributed by atoms with Gasteiger partial charge in [0.15, 0.2) is 5.82 Å². The number of aliphatic hydroxyl groups is 1. The van der Waals surface area contributed by atoms with E-state index in [2.05, 4.69) is 32.1 Å². The highest BCUT2D eigenvalue weighted by atomic mass is 35.5. The Labute approximate surface area is 347 Å². The minimum absolute atomic E-state index is 0.00708. The number of benzene rings is 2. The number of fused-ring (bicyclic) bond motifs is 2. The highest BCUT2D eigenvalue weighted by Gasteiger charge is 2.55. The van der Waals surface area contributed by atoms with E-state index < -0.39 is 81.3 Å². The van der Waals surface area contributed by atoms with Crippen LogP contribution in [0, 0.1) is 29.4 Å². The lowest BCUT2D eigenvalue weighted by Crippen LogP contribution is -2.35. The van der Waals surface area contributed by atoms with E-state index in [4.69, 9.17) is 16.6 Å². The van der Waals surface area contributed by atoms with E-state index in [1.165, 1.54) is 45.5 Å². The smallest absolute Gasteiger partial charge is 0.292 e. The highest BCUT2D eigenvalue weighted by Crippen LogP contribution is 2.54. The second-order valence-electron chi connectivity index (χ2n) is 15.6. The normalized spacial score (nSPS) is 16.8. The number of carbonyl (C=O) groups excluding carboxylic acids is 1. The summed E-state index contributed by atoms with van der Waals surface area (Å²) in [6, 6.07) is 6.03. The summed E-state index contributed by atoms with van der Waals surface area (Å²) in [6.45, 7) is 4.53. The summed E-state index contributed by atoms with van der Waals surface area (Å²) in [6.07, 6.45) is -2.66. The number of amides is 1. The van der Waals surface area contributed by atoms with Gasteiger partial charge in [0.05, 0.1) is 39.6 Å². The van der Waals surface area contributed by atoms with Crippen molar-refractivity contribution in [2.45, 2.75) is 70.6 Å². The number of hydrogen-bond donors (Lipinski definition) is 3. The molecule has 12 nitrogen and oxygen atoms in total. The number of nitrogens with one attached hydrogen (secondary N) is 2. The van der Waals surface area contributed by atoms with Crippen LogP contribution in [0.3, 0.4) is 0 Å². The molecule has 1 amide bonds. The Bertz CT molecular complexity index is 2680. The lowest BCUT2D eigenvalue weighted by atomic mass is 9.93. The quantitative estimate of drug-likeness (QED) is 0.0933. The maximum atomic E-state index is 15.7. The molecule has 0 saturated carbocycles. The third kappa shape index (κ3) is 8.77. The molecule has 0 aliphatic heterocycles. The van der Waals surface area contributed by atoms with Gasteiger partial charge in [0, 0.05) is 49.8 Å². The van der Waals surface area contributed by atoms with E-state index in [1.807, 2.05) is 0 Å². The van der Waals surface area contributed by atoms with Crippen molar-refractivity contribution >= 4 is 49.9 Å². The molecule has 320 valence electrons. The first-order chi connectivity index (χ1) is 27.8. The van der Waals surface area contributed by atoms with Gasteiger partial charge in [0.25, 0.3) is 12.3 Å². The van der Waals surface area contributed by atoms with Crippen LogP contribution < -0.4 is 14.9 Å². The fourth-order valence-electron chi connectivity index (χ4n) is 7.39. The molecule has 0 radical (unpaired) electrons. The zero-order valence-electron chi connectivity index (χ0n) is 33.6. The second-order valence-corrected chi connectivity index (χ2v) is 17.7. The molecule has 0 unspecified atom stereocenters. The van der Waals surface area contributed by atoms with E-state index in [0.717, 1.165) is 18.4 Å². The Hall–Kier alpha value is -5.32. The number of halogens is 7. The number of anilines is 2. The summed E-state index contributed by atoms with van der Waals surface area (Å²) >= 11 is 6.65. The van der Waals surface area contributed by atoms with Gasteiger partial charge in [0.1, 0.15) is 40.9 Å². The van der Waals surface area contributed by atoms with Gasteiger partial charge in [-0.05, 0) is 61.9 Å². The van der Waals surface area contributed by atoms with Crippen molar-refractivity contribution in [1.29, 1.82) is 0 Å². The molecule has 20 heteroatoms. The van der Waals surface area contributed by atoms with Crippen molar-refractivity contribution in [3.8, 4) is 23.0 Å². The van der Waals surface area contributed by atoms with Crippen LogP contribution in [0.1, 0.15) is 80.0 Å². The predicted octanol–water partition coefficient (Wildman–Crippen LogP) is 7.21. The van der Waals surface area contributed by atoms with Crippen molar-refractivity contribution < 1.29 is 44.7 Å². The molecule has 0 spiro atoms. The first kappa shape index (κ1) is 44.2. The Morgan fingerprint density at radius 2 is 1.72 bits per heavy atom. The molecule has 0 bridgehead atoms. The lowest BCUT2D eigenvalue weighted by molar-refractivity contribution is -0.123. The number of alkyl halides is 4. The second kappa shape index (κ2) is 15.9. The fourth-order valence-corrected chi connectivity index (χ4v) is 8.13. The van der Waals surface area contributed by atoms with E-state index in [1.54, 1.807) is 31.1 Å². The molecule has 3 heterocycles. The number of hydrogen-bond acceptors (Lipinski definition) is 8. The van der Waals surface area contributed by atoms with Gasteiger partial charge in [-0.2, -0.15) is 19.0 Å². The van der Waals surface area contributed by atoms with Crippen LogP contribution in [0.5, 0.6) is 0 Å². The number of carbonyl (C=O) groups is 1. The number of aryl methyl sites for hydroxylation is 1. The standard InChI is InChI=1S/C40H41ClF6N8O4S/c1-19-20(2)40(46,47)36-31(19)34(37(44)45)50-55(36)18-30(56)48-28(15-21-13-22(42)16-23(43)14-21)33-25(17-29(53(5)6)27(49-33)11-12-39(3,4)57)24-9-10-26(41)32-35(24)54(7)51-38(32)52-60(8,58)59/h9-10,13-14,16-17,19-20,28,37,57H,15,18H2,1-8H3,(H,48,56)(H,51,52)/t19-,20+,28-/m0/s1. The minimum atomic E-state index is -3.86. The molecular weight excluding hydrogens is 838 g/mol. The fraction of sp³-hybridized carbons (Fsp3) is 0.400. The molecule has 3 N–H and O–H groups in total. The van der Waals surface area contributed by atoms with Crippen molar-refractivity contribution in [2.24, 2.45) is 13.0 Å². The van der Waals surface area contributed by atoms with Crippen LogP contribution in [0.2, 0.25) is 5.02 Å². The number of sulfonamides is 1. The third-order valence-corrected chi connectivity index (χ3v) is 11.0. The summed E-state index contributed by atoms with van der Waals surface area (Å²) < 4.78 is 118. The zero-order valence-corrected chi connectivity index (χ0v) is 35.2. The van der Waals surface area contributed by atoms with E-state index in [9.17, 15) is 35.9 Å². The van der Waals surface area contributed by atoms with Crippen molar-refractivity contribution in [3.63, 3.8) is 0 Å². The Morgan fingerprint density at radius 1 is 1.07 bits per heavy atom. The predicted molar refractivity (Wildman–Crippen MR) is 215 cm³/mol. The van der Waals surface area contributed by atoms with Crippen LogP contribution in [-0.4, -0.2) is 69.9 Å². The monoisotopic (exact) mass is 878 g/mol. The van der Waals surface area contributed by atoms with Crippen LogP contribution in [0.15, 0.2) is 36.4 Å². The SMILES string of the molecule is C[C@@H]1c2c(C(F)F)nn(CC(=O)N[C@@H](Cc3cc(F)cc(F)c3)c3nc(C#CC(C)(C)O)c(N(C)C)cc3-c3ccc(Cl)c4c(NS(C)(=O)=O)nn(C)c34)c2C(F)(F)[C@@H]1C.